The average Bonchev–Trinajstić information content (AvgIpc) is 3.29. The van der Waals surface area contributed by atoms with E-state index in [-0.39, 0.29) is 18.3 Å². The standard InChI is InChI=1S/C25H14Cl3FN2OS2/c26-18-5-3-6-21(29)17(18)13-30-12-14(16-4-1-2-7-22(16)30)10-23-24(32)31(25(33)34-23)15-8-9-19(27)20(28)11-15/h1-12H,13H2/b23-10-. The van der Waals surface area contributed by atoms with Crippen molar-refractivity contribution in [2.24, 2.45) is 0 Å². The van der Waals surface area contributed by atoms with Gasteiger partial charge in [0.05, 0.1) is 27.2 Å². The van der Waals surface area contributed by atoms with Crippen molar-refractivity contribution in [3.63, 3.8) is 0 Å². The second kappa shape index (κ2) is 9.36. The maximum atomic E-state index is 14.4. The summed E-state index contributed by atoms with van der Waals surface area (Å²) >= 11 is 25.1. The summed E-state index contributed by atoms with van der Waals surface area (Å²) in [4.78, 5) is 15.2. The first kappa shape index (κ1) is 23.4. The number of thioether (sulfide) groups is 1. The van der Waals surface area contributed by atoms with Crippen LogP contribution in [0.1, 0.15) is 11.1 Å². The van der Waals surface area contributed by atoms with Crippen LogP contribution in [0.4, 0.5) is 10.1 Å². The van der Waals surface area contributed by atoms with E-state index in [1.807, 2.05) is 35.0 Å². The fourth-order valence-corrected chi connectivity index (χ4v) is 5.64. The Morgan fingerprint density at radius 2 is 1.76 bits per heavy atom. The Labute approximate surface area is 219 Å². The van der Waals surface area contributed by atoms with E-state index in [4.69, 9.17) is 47.0 Å². The maximum absolute atomic E-state index is 14.4. The van der Waals surface area contributed by atoms with Crippen LogP contribution in [0.2, 0.25) is 15.1 Å². The zero-order chi connectivity index (χ0) is 24.0. The molecule has 3 nitrogen and oxygen atoms in total. The molecule has 1 aliphatic rings. The van der Waals surface area contributed by atoms with E-state index in [9.17, 15) is 9.18 Å². The Morgan fingerprint density at radius 3 is 2.53 bits per heavy atom. The van der Waals surface area contributed by atoms with Crippen LogP contribution in [-0.4, -0.2) is 14.8 Å². The molecule has 4 aromatic rings. The van der Waals surface area contributed by atoms with Crippen LogP contribution in [0.5, 0.6) is 0 Å². The lowest BCUT2D eigenvalue weighted by Gasteiger charge is -2.15. The van der Waals surface area contributed by atoms with Gasteiger partial charge in [0.1, 0.15) is 5.82 Å². The Morgan fingerprint density at radius 1 is 0.971 bits per heavy atom. The molecule has 0 N–H and O–H groups in total. The molecule has 0 spiro atoms. The van der Waals surface area contributed by atoms with Gasteiger partial charge in [-0.1, -0.05) is 83.0 Å². The molecule has 2 heterocycles. The number of carbonyl (C=O) groups excluding carboxylic acids is 1. The highest BCUT2D eigenvalue weighted by atomic mass is 35.5. The summed E-state index contributed by atoms with van der Waals surface area (Å²) in [7, 11) is 0. The van der Waals surface area contributed by atoms with Crippen LogP contribution >= 0.6 is 58.8 Å². The molecule has 0 aliphatic carbocycles. The van der Waals surface area contributed by atoms with Crippen LogP contribution in [-0.2, 0) is 11.3 Å². The topological polar surface area (TPSA) is 25.2 Å². The van der Waals surface area contributed by atoms with E-state index in [2.05, 4.69) is 0 Å². The van der Waals surface area contributed by atoms with Gasteiger partial charge < -0.3 is 4.57 Å². The Hall–Kier alpha value is -2.35. The highest BCUT2D eigenvalue weighted by Crippen LogP contribution is 2.39. The Bertz CT molecular complexity index is 1500. The fraction of sp³-hybridized carbons (Fsp3) is 0.0400. The summed E-state index contributed by atoms with van der Waals surface area (Å²) < 4.78 is 16.7. The fourth-order valence-electron chi connectivity index (χ4n) is 3.83. The van der Waals surface area contributed by atoms with Crippen LogP contribution in [0.25, 0.3) is 17.0 Å². The molecule has 1 saturated heterocycles. The van der Waals surface area contributed by atoms with Gasteiger partial charge in [-0.25, -0.2) is 4.39 Å². The van der Waals surface area contributed by atoms with Gasteiger partial charge in [0, 0.05) is 33.2 Å². The van der Waals surface area contributed by atoms with Crippen LogP contribution in [0, 0.1) is 5.82 Å². The second-order valence-corrected chi connectivity index (χ2v) is 10.4. The van der Waals surface area contributed by atoms with Crippen molar-refractivity contribution >= 4 is 91.7 Å². The number of anilines is 1. The third-order valence-corrected chi connectivity index (χ3v) is 7.85. The molecule has 9 heteroatoms. The molecule has 1 aliphatic heterocycles. The molecular weight excluding hydrogens is 534 g/mol. The maximum Gasteiger partial charge on any atom is 0.270 e. The average molecular weight is 548 g/mol. The number of hydrogen-bond donors (Lipinski definition) is 0. The van der Waals surface area contributed by atoms with Gasteiger partial charge in [0.2, 0.25) is 0 Å². The SMILES string of the molecule is O=C1/C(=C/c2cn(Cc3c(F)cccc3Cl)c3ccccc23)SC(=S)N1c1ccc(Cl)c(Cl)c1. The summed E-state index contributed by atoms with van der Waals surface area (Å²) in [6, 6.07) is 17.3. The van der Waals surface area contributed by atoms with Crippen molar-refractivity contribution in [2.45, 2.75) is 6.54 Å². The first-order valence-electron chi connectivity index (χ1n) is 10.1. The van der Waals surface area contributed by atoms with E-state index in [0.717, 1.165) is 16.5 Å². The van der Waals surface area contributed by atoms with E-state index >= 15 is 0 Å². The minimum atomic E-state index is -0.366. The number of fused-ring (bicyclic) bond motifs is 1. The number of nitrogens with zero attached hydrogens (tertiary/aromatic N) is 2. The zero-order valence-electron chi connectivity index (χ0n) is 17.3. The van der Waals surface area contributed by atoms with Crippen molar-refractivity contribution in [1.29, 1.82) is 0 Å². The second-order valence-electron chi connectivity index (χ2n) is 7.55. The number of rotatable bonds is 4. The quantitative estimate of drug-likeness (QED) is 0.190. The van der Waals surface area contributed by atoms with Gasteiger partial charge in [-0.15, -0.1) is 0 Å². The number of halogens is 4. The number of hydrogen-bond acceptors (Lipinski definition) is 3. The van der Waals surface area contributed by atoms with Crippen molar-refractivity contribution in [2.75, 3.05) is 4.90 Å². The molecule has 3 aromatic carbocycles. The smallest absolute Gasteiger partial charge is 0.270 e. The first-order chi connectivity index (χ1) is 16.3. The van der Waals surface area contributed by atoms with Crippen LogP contribution in [0.3, 0.4) is 0 Å². The van der Waals surface area contributed by atoms with Crippen molar-refractivity contribution in [3.05, 3.63) is 104 Å². The normalized spacial score (nSPS) is 15.2. The monoisotopic (exact) mass is 546 g/mol. The number of para-hydroxylation sites is 1. The minimum absolute atomic E-state index is 0.248. The van der Waals surface area contributed by atoms with Crippen LogP contribution in [0.15, 0.2) is 71.8 Å². The highest BCUT2D eigenvalue weighted by Gasteiger charge is 2.33. The summed E-state index contributed by atoms with van der Waals surface area (Å²) in [6.45, 7) is 0.254. The van der Waals surface area contributed by atoms with Gasteiger partial charge in [-0.2, -0.15) is 0 Å². The largest absolute Gasteiger partial charge is 0.342 e. The summed E-state index contributed by atoms with van der Waals surface area (Å²) in [6.07, 6.45) is 3.69. The van der Waals surface area contributed by atoms with Gasteiger partial charge in [-0.3, -0.25) is 9.69 Å². The third kappa shape index (κ3) is 4.25. The molecule has 0 saturated carbocycles. The number of benzene rings is 3. The van der Waals surface area contributed by atoms with Gasteiger partial charge >= 0.3 is 0 Å². The highest BCUT2D eigenvalue weighted by molar-refractivity contribution is 8.27. The van der Waals surface area contributed by atoms with E-state index in [1.165, 1.54) is 22.7 Å². The lowest BCUT2D eigenvalue weighted by molar-refractivity contribution is -0.113. The summed E-state index contributed by atoms with van der Waals surface area (Å²) in [5.41, 5.74) is 2.67. The van der Waals surface area contributed by atoms with E-state index < -0.39 is 0 Å². The third-order valence-electron chi connectivity index (χ3n) is 5.45. The predicted octanol–water partition coefficient (Wildman–Crippen LogP) is 8.19. The molecule has 0 bridgehead atoms. The molecule has 1 aromatic heterocycles. The molecule has 0 radical (unpaired) electrons. The van der Waals surface area contributed by atoms with E-state index in [0.29, 0.717) is 35.5 Å². The van der Waals surface area contributed by atoms with Gasteiger partial charge in [0.25, 0.3) is 5.91 Å². The van der Waals surface area contributed by atoms with Crippen molar-refractivity contribution < 1.29 is 9.18 Å². The molecule has 0 atom stereocenters. The number of amides is 1. The number of carbonyl (C=O) groups is 1. The Balaban J connectivity index is 1.54. The summed E-state index contributed by atoms with van der Waals surface area (Å²) in [5, 5.41) is 2.03. The van der Waals surface area contributed by atoms with Crippen molar-refractivity contribution in [3.8, 4) is 0 Å². The van der Waals surface area contributed by atoms with E-state index in [1.54, 1.807) is 36.4 Å². The number of aromatic nitrogens is 1. The van der Waals surface area contributed by atoms with Crippen LogP contribution < -0.4 is 4.90 Å². The lowest BCUT2D eigenvalue weighted by Crippen LogP contribution is -2.27. The molecule has 5 rings (SSSR count). The minimum Gasteiger partial charge on any atom is -0.342 e. The molecule has 0 unspecified atom stereocenters. The molecule has 34 heavy (non-hydrogen) atoms. The van der Waals surface area contributed by atoms with Crippen molar-refractivity contribution in [1.82, 2.24) is 4.57 Å². The lowest BCUT2D eigenvalue weighted by atomic mass is 10.1. The van der Waals surface area contributed by atoms with Gasteiger partial charge in [-0.05, 0) is 42.5 Å². The molecular formula is C25H14Cl3FN2OS2. The Kier molecular flexibility index (Phi) is 6.44. The zero-order valence-corrected chi connectivity index (χ0v) is 21.2. The molecule has 1 fully saturated rings. The predicted molar refractivity (Wildman–Crippen MR) is 145 cm³/mol. The molecule has 1 amide bonds. The first-order valence-corrected chi connectivity index (χ1v) is 12.4. The number of thiocarbonyl (C=S) groups is 1. The van der Waals surface area contributed by atoms with Gasteiger partial charge in [0.15, 0.2) is 4.32 Å². The molecule has 170 valence electrons. The summed E-state index contributed by atoms with van der Waals surface area (Å²) in [5.74, 6) is -0.614.